The van der Waals surface area contributed by atoms with Crippen molar-refractivity contribution in [1.82, 2.24) is 9.88 Å². The SMILES string of the molecule is CC(C)CC(O)CNC(=O)Nc1cccn(Cc2ccccc2)c1=O. The number of hydrogen-bond donors (Lipinski definition) is 3. The van der Waals surface area contributed by atoms with Gasteiger partial charge in [0.15, 0.2) is 0 Å². The monoisotopic (exact) mass is 343 g/mol. The molecule has 0 aliphatic rings. The van der Waals surface area contributed by atoms with Gasteiger partial charge in [-0.05, 0) is 30.0 Å². The largest absolute Gasteiger partial charge is 0.391 e. The first-order chi connectivity index (χ1) is 12.0. The molecule has 0 aliphatic heterocycles. The summed E-state index contributed by atoms with van der Waals surface area (Å²) in [4.78, 5) is 24.4. The zero-order chi connectivity index (χ0) is 18.2. The van der Waals surface area contributed by atoms with Gasteiger partial charge in [-0.2, -0.15) is 0 Å². The van der Waals surface area contributed by atoms with Gasteiger partial charge < -0.3 is 20.3 Å². The number of hydrogen-bond acceptors (Lipinski definition) is 3. The molecule has 0 spiro atoms. The Kier molecular flexibility index (Phi) is 6.77. The van der Waals surface area contributed by atoms with Crippen molar-refractivity contribution in [1.29, 1.82) is 0 Å². The third kappa shape index (κ3) is 6.08. The van der Waals surface area contributed by atoms with Crippen molar-refractivity contribution >= 4 is 11.7 Å². The van der Waals surface area contributed by atoms with Crippen LogP contribution in [0.2, 0.25) is 0 Å². The number of carbonyl (C=O) groups is 1. The van der Waals surface area contributed by atoms with E-state index < -0.39 is 12.1 Å². The Morgan fingerprint density at radius 3 is 2.56 bits per heavy atom. The second kappa shape index (κ2) is 9.03. The van der Waals surface area contributed by atoms with Gasteiger partial charge >= 0.3 is 6.03 Å². The molecule has 2 aromatic rings. The zero-order valence-corrected chi connectivity index (χ0v) is 14.6. The Morgan fingerprint density at radius 1 is 1.16 bits per heavy atom. The number of carbonyl (C=O) groups excluding carboxylic acids is 1. The fourth-order valence-electron chi connectivity index (χ4n) is 2.54. The number of anilines is 1. The van der Waals surface area contributed by atoms with Crippen LogP contribution in [0.5, 0.6) is 0 Å². The predicted molar refractivity (Wildman–Crippen MR) is 98.7 cm³/mol. The third-order valence-electron chi connectivity index (χ3n) is 3.71. The van der Waals surface area contributed by atoms with Crippen molar-refractivity contribution in [2.24, 2.45) is 5.92 Å². The van der Waals surface area contributed by atoms with Crippen molar-refractivity contribution < 1.29 is 9.90 Å². The molecule has 2 amide bonds. The lowest BCUT2D eigenvalue weighted by atomic mass is 10.1. The fraction of sp³-hybridized carbons (Fsp3) is 0.368. The molecule has 1 aromatic carbocycles. The molecule has 3 N–H and O–H groups in total. The summed E-state index contributed by atoms with van der Waals surface area (Å²) in [6.45, 7) is 4.59. The average Bonchev–Trinajstić information content (AvgIpc) is 2.57. The van der Waals surface area contributed by atoms with Gasteiger partial charge in [0.2, 0.25) is 0 Å². The van der Waals surface area contributed by atoms with Crippen LogP contribution in [-0.4, -0.2) is 28.4 Å². The Labute approximate surface area is 147 Å². The number of amides is 2. The quantitative estimate of drug-likeness (QED) is 0.722. The number of nitrogens with zero attached hydrogens (tertiary/aromatic N) is 1. The van der Waals surface area contributed by atoms with E-state index in [0.29, 0.717) is 18.9 Å². The summed E-state index contributed by atoms with van der Waals surface area (Å²) in [6, 6.07) is 12.4. The molecule has 6 nitrogen and oxygen atoms in total. The molecule has 2 rings (SSSR count). The summed E-state index contributed by atoms with van der Waals surface area (Å²) in [5.41, 5.74) is 0.932. The maximum atomic E-state index is 12.5. The molecule has 1 aromatic heterocycles. The van der Waals surface area contributed by atoms with E-state index in [9.17, 15) is 14.7 Å². The minimum atomic E-state index is -0.601. The highest BCUT2D eigenvalue weighted by Gasteiger charge is 2.11. The first-order valence-electron chi connectivity index (χ1n) is 8.42. The Balaban J connectivity index is 1.97. The maximum Gasteiger partial charge on any atom is 0.319 e. The van der Waals surface area contributed by atoms with Gasteiger partial charge in [0.25, 0.3) is 5.56 Å². The number of nitrogens with one attached hydrogen (secondary N) is 2. The minimum Gasteiger partial charge on any atom is -0.391 e. The van der Waals surface area contributed by atoms with Crippen LogP contribution in [0.25, 0.3) is 0 Å². The molecule has 134 valence electrons. The number of aliphatic hydroxyl groups excluding tert-OH is 1. The second-order valence-electron chi connectivity index (χ2n) is 6.46. The molecule has 1 unspecified atom stereocenters. The molecule has 0 saturated carbocycles. The van der Waals surface area contributed by atoms with Gasteiger partial charge in [-0.15, -0.1) is 0 Å². The van der Waals surface area contributed by atoms with Crippen LogP contribution in [0.1, 0.15) is 25.8 Å². The van der Waals surface area contributed by atoms with Gasteiger partial charge in [-0.3, -0.25) is 4.79 Å². The van der Waals surface area contributed by atoms with Crippen LogP contribution in [0.3, 0.4) is 0 Å². The molecular formula is C19H25N3O3. The van der Waals surface area contributed by atoms with Crippen LogP contribution in [0.15, 0.2) is 53.5 Å². The second-order valence-corrected chi connectivity index (χ2v) is 6.46. The molecule has 0 saturated heterocycles. The van der Waals surface area contributed by atoms with Crippen LogP contribution < -0.4 is 16.2 Å². The first-order valence-corrected chi connectivity index (χ1v) is 8.42. The van der Waals surface area contributed by atoms with E-state index in [4.69, 9.17) is 0 Å². The van der Waals surface area contributed by atoms with E-state index in [1.165, 1.54) is 0 Å². The van der Waals surface area contributed by atoms with Gasteiger partial charge in [-0.25, -0.2) is 4.79 Å². The smallest absolute Gasteiger partial charge is 0.319 e. The predicted octanol–water partition coefficient (Wildman–Crippen LogP) is 2.43. The van der Waals surface area contributed by atoms with Crippen molar-refractivity contribution in [3.63, 3.8) is 0 Å². The molecule has 0 fully saturated rings. The lowest BCUT2D eigenvalue weighted by molar-refractivity contribution is 0.148. The summed E-state index contributed by atoms with van der Waals surface area (Å²) >= 11 is 0. The molecule has 0 aliphatic carbocycles. The summed E-state index contributed by atoms with van der Waals surface area (Å²) < 4.78 is 1.54. The first kappa shape index (κ1) is 18.7. The lowest BCUT2D eigenvalue weighted by Gasteiger charge is -2.14. The molecule has 6 heteroatoms. The van der Waals surface area contributed by atoms with Crippen molar-refractivity contribution in [2.75, 3.05) is 11.9 Å². The molecule has 0 radical (unpaired) electrons. The minimum absolute atomic E-state index is 0.148. The van der Waals surface area contributed by atoms with Gasteiger partial charge in [0.1, 0.15) is 5.69 Å². The van der Waals surface area contributed by atoms with Gasteiger partial charge in [-0.1, -0.05) is 44.2 Å². The molecule has 1 heterocycles. The van der Waals surface area contributed by atoms with Crippen molar-refractivity contribution in [3.05, 3.63) is 64.6 Å². The average molecular weight is 343 g/mol. The summed E-state index contributed by atoms with van der Waals surface area (Å²) in [5.74, 6) is 0.346. The van der Waals surface area contributed by atoms with Crippen LogP contribution in [0, 0.1) is 5.92 Å². The van der Waals surface area contributed by atoms with E-state index in [0.717, 1.165) is 5.56 Å². The van der Waals surface area contributed by atoms with Crippen LogP contribution >= 0.6 is 0 Å². The number of aliphatic hydroxyl groups is 1. The lowest BCUT2D eigenvalue weighted by Crippen LogP contribution is -2.37. The summed E-state index contributed by atoms with van der Waals surface area (Å²) in [7, 11) is 0. The van der Waals surface area contributed by atoms with Crippen LogP contribution in [-0.2, 0) is 6.54 Å². The summed E-state index contributed by atoms with van der Waals surface area (Å²) in [6.07, 6.45) is 1.69. The van der Waals surface area contributed by atoms with E-state index in [2.05, 4.69) is 10.6 Å². The number of pyridine rings is 1. The normalized spacial score (nSPS) is 12.0. The van der Waals surface area contributed by atoms with E-state index >= 15 is 0 Å². The molecule has 0 bridgehead atoms. The van der Waals surface area contributed by atoms with Crippen molar-refractivity contribution in [3.8, 4) is 0 Å². The third-order valence-corrected chi connectivity index (χ3v) is 3.71. The zero-order valence-electron chi connectivity index (χ0n) is 14.6. The number of urea groups is 1. The highest BCUT2D eigenvalue weighted by Crippen LogP contribution is 2.05. The topological polar surface area (TPSA) is 83.4 Å². The van der Waals surface area contributed by atoms with Crippen LogP contribution in [0.4, 0.5) is 10.5 Å². The van der Waals surface area contributed by atoms with E-state index in [1.54, 1.807) is 22.9 Å². The van der Waals surface area contributed by atoms with Crippen molar-refractivity contribution in [2.45, 2.75) is 32.9 Å². The summed E-state index contributed by atoms with van der Waals surface area (Å²) in [5, 5.41) is 14.9. The highest BCUT2D eigenvalue weighted by atomic mass is 16.3. The molecular weight excluding hydrogens is 318 g/mol. The van der Waals surface area contributed by atoms with E-state index in [-0.39, 0.29) is 17.8 Å². The highest BCUT2D eigenvalue weighted by molar-refractivity contribution is 5.88. The number of rotatable bonds is 7. The molecule has 1 atom stereocenters. The fourth-order valence-corrected chi connectivity index (χ4v) is 2.54. The molecule has 25 heavy (non-hydrogen) atoms. The standard InChI is InChI=1S/C19H25N3O3/c1-14(2)11-16(23)12-20-19(25)21-17-9-6-10-22(18(17)24)13-15-7-4-3-5-8-15/h3-10,14,16,23H,11-13H2,1-2H3,(H2,20,21,25). The Hall–Kier alpha value is -2.60. The van der Waals surface area contributed by atoms with Gasteiger partial charge in [0.05, 0.1) is 12.6 Å². The maximum absolute atomic E-state index is 12.5. The number of benzene rings is 1. The number of aromatic nitrogens is 1. The Bertz CT molecular complexity index is 741. The van der Waals surface area contributed by atoms with E-state index in [1.807, 2.05) is 44.2 Å². The van der Waals surface area contributed by atoms with Gasteiger partial charge in [0, 0.05) is 12.7 Å². The Morgan fingerprint density at radius 2 is 1.88 bits per heavy atom.